The van der Waals surface area contributed by atoms with Crippen molar-refractivity contribution >= 4 is 5.97 Å². The number of benzene rings is 1. The van der Waals surface area contributed by atoms with Gasteiger partial charge in [0.1, 0.15) is 6.04 Å². The average Bonchev–Trinajstić information content (AvgIpc) is 2.38. The molecule has 0 fully saturated rings. The Kier molecular flexibility index (Phi) is 3.95. The first-order chi connectivity index (χ1) is 8.66. The molecule has 0 bridgehead atoms. The van der Waals surface area contributed by atoms with Gasteiger partial charge in [-0.05, 0) is 11.5 Å². The van der Waals surface area contributed by atoms with E-state index in [1.807, 2.05) is 42.5 Å². The van der Waals surface area contributed by atoms with Crippen molar-refractivity contribution in [3.05, 3.63) is 60.2 Å². The molecule has 1 aromatic rings. The van der Waals surface area contributed by atoms with E-state index in [-0.39, 0.29) is 6.04 Å². The summed E-state index contributed by atoms with van der Waals surface area (Å²) in [5.41, 5.74) is 0.769. The summed E-state index contributed by atoms with van der Waals surface area (Å²) in [6, 6.07) is 8.52. The summed E-state index contributed by atoms with van der Waals surface area (Å²) in [5.74, 6) is -0.440. The largest absolute Gasteiger partial charge is 0.480 e. The first-order valence-corrected chi connectivity index (χ1v) is 6.07. The molecule has 0 saturated heterocycles. The minimum Gasteiger partial charge on any atom is -0.480 e. The highest BCUT2D eigenvalue weighted by atomic mass is 16.4. The van der Waals surface area contributed by atoms with Gasteiger partial charge in [-0.25, -0.2) is 0 Å². The SMILES string of the molecule is CC1C=CC(NC(C(=O)O)c2ccccc2)C=C1. The van der Waals surface area contributed by atoms with Crippen LogP contribution in [0.3, 0.4) is 0 Å². The topological polar surface area (TPSA) is 49.3 Å². The number of nitrogens with one attached hydrogen (secondary N) is 1. The minimum atomic E-state index is -0.860. The highest BCUT2D eigenvalue weighted by Crippen LogP contribution is 2.16. The number of hydrogen-bond donors (Lipinski definition) is 2. The number of hydrogen-bond acceptors (Lipinski definition) is 2. The first kappa shape index (κ1) is 12.6. The van der Waals surface area contributed by atoms with Crippen molar-refractivity contribution in [2.45, 2.75) is 19.0 Å². The number of carboxylic acids is 1. The van der Waals surface area contributed by atoms with Gasteiger partial charge in [0.25, 0.3) is 0 Å². The third kappa shape index (κ3) is 3.08. The summed E-state index contributed by atoms with van der Waals surface area (Å²) in [4.78, 5) is 11.3. The summed E-state index contributed by atoms with van der Waals surface area (Å²) >= 11 is 0. The van der Waals surface area contributed by atoms with Crippen molar-refractivity contribution in [3.63, 3.8) is 0 Å². The van der Waals surface area contributed by atoms with Crippen LogP contribution in [-0.4, -0.2) is 17.1 Å². The van der Waals surface area contributed by atoms with Gasteiger partial charge in [0, 0.05) is 6.04 Å². The average molecular weight is 243 g/mol. The summed E-state index contributed by atoms with van der Waals surface area (Å²) in [6.45, 7) is 2.09. The lowest BCUT2D eigenvalue weighted by Crippen LogP contribution is -2.35. The molecule has 1 atom stereocenters. The van der Waals surface area contributed by atoms with Crippen LogP contribution in [0.15, 0.2) is 54.6 Å². The van der Waals surface area contributed by atoms with Crippen LogP contribution in [0.5, 0.6) is 0 Å². The van der Waals surface area contributed by atoms with Gasteiger partial charge < -0.3 is 5.11 Å². The molecule has 1 unspecified atom stereocenters. The lowest BCUT2D eigenvalue weighted by molar-refractivity contribution is -0.139. The van der Waals surface area contributed by atoms with E-state index in [0.717, 1.165) is 5.56 Å². The number of aliphatic carboxylic acids is 1. The van der Waals surface area contributed by atoms with Gasteiger partial charge >= 0.3 is 5.97 Å². The quantitative estimate of drug-likeness (QED) is 0.799. The fourth-order valence-electron chi connectivity index (χ4n) is 1.98. The van der Waals surface area contributed by atoms with Gasteiger partial charge in [-0.15, -0.1) is 0 Å². The van der Waals surface area contributed by atoms with Crippen molar-refractivity contribution < 1.29 is 9.90 Å². The van der Waals surface area contributed by atoms with E-state index >= 15 is 0 Å². The molecule has 94 valence electrons. The maximum atomic E-state index is 11.3. The molecule has 0 spiro atoms. The third-order valence-electron chi connectivity index (χ3n) is 2.98. The summed E-state index contributed by atoms with van der Waals surface area (Å²) in [7, 11) is 0. The van der Waals surface area contributed by atoms with Gasteiger partial charge in [0.15, 0.2) is 0 Å². The van der Waals surface area contributed by atoms with Crippen molar-refractivity contribution in [3.8, 4) is 0 Å². The van der Waals surface area contributed by atoms with Crippen molar-refractivity contribution in [2.75, 3.05) is 0 Å². The molecule has 3 heteroatoms. The zero-order valence-corrected chi connectivity index (χ0v) is 10.3. The molecule has 1 aliphatic rings. The Labute approximate surface area is 107 Å². The Morgan fingerprint density at radius 2 is 1.78 bits per heavy atom. The number of rotatable bonds is 4. The number of carbonyl (C=O) groups is 1. The van der Waals surface area contributed by atoms with Crippen LogP contribution in [0, 0.1) is 5.92 Å². The van der Waals surface area contributed by atoms with E-state index in [1.165, 1.54) is 0 Å². The zero-order valence-electron chi connectivity index (χ0n) is 10.3. The van der Waals surface area contributed by atoms with Gasteiger partial charge in [0.05, 0.1) is 0 Å². The van der Waals surface area contributed by atoms with E-state index in [4.69, 9.17) is 0 Å². The molecule has 0 aliphatic heterocycles. The Morgan fingerprint density at radius 1 is 1.17 bits per heavy atom. The van der Waals surface area contributed by atoms with Crippen molar-refractivity contribution in [1.29, 1.82) is 0 Å². The molecule has 0 heterocycles. The van der Waals surface area contributed by atoms with E-state index in [0.29, 0.717) is 5.92 Å². The molecule has 0 aromatic heterocycles. The molecule has 0 saturated carbocycles. The Balaban J connectivity index is 2.11. The lowest BCUT2D eigenvalue weighted by Gasteiger charge is -2.21. The van der Waals surface area contributed by atoms with Crippen LogP contribution in [0.1, 0.15) is 18.5 Å². The molecular weight excluding hydrogens is 226 g/mol. The molecule has 0 radical (unpaired) electrons. The Hall–Kier alpha value is -1.87. The maximum absolute atomic E-state index is 11.3. The molecule has 1 aliphatic carbocycles. The third-order valence-corrected chi connectivity index (χ3v) is 2.98. The summed E-state index contributed by atoms with van der Waals surface area (Å²) in [6.07, 6.45) is 8.15. The zero-order chi connectivity index (χ0) is 13.0. The van der Waals surface area contributed by atoms with Gasteiger partial charge in [-0.2, -0.15) is 0 Å². The van der Waals surface area contributed by atoms with E-state index in [1.54, 1.807) is 0 Å². The molecule has 3 nitrogen and oxygen atoms in total. The smallest absolute Gasteiger partial charge is 0.325 e. The number of carboxylic acid groups (broad SMARTS) is 1. The maximum Gasteiger partial charge on any atom is 0.325 e. The van der Waals surface area contributed by atoms with Crippen molar-refractivity contribution in [2.24, 2.45) is 5.92 Å². The van der Waals surface area contributed by atoms with E-state index in [9.17, 15) is 9.90 Å². The van der Waals surface area contributed by atoms with Gasteiger partial charge in [-0.3, -0.25) is 10.1 Å². The van der Waals surface area contributed by atoms with E-state index in [2.05, 4.69) is 24.4 Å². The van der Waals surface area contributed by atoms with Crippen LogP contribution < -0.4 is 5.32 Å². The standard InChI is InChI=1S/C15H17NO2/c1-11-7-9-13(10-8-11)16-14(15(17)18)12-5-3-2-4-6-12/h2-11,13-14,16H,1H3,(H,17,18). The van der Waals surface area contributed by atoms with Crippen LogP contribution in [0.25, 0.3) is 0 Å². The minimum absolute atomic E-state index is 0.0255. The van der Waals surface area contributed by atoms with Crippen LogP contribution in [0.2, 0.25) is 0 Å². The van der Waals surface area contributed by atoms with Crippen molar-refractivity contribution in [1.82, 2.24) is 5.32 Å². The van der Waals surface area contributed by atoms with E-state index < -0.39 is 12.0 Å². The second-order valence-electron chi connectivity index (χ2n) is 4.50. The van der Waals surface area contributed by atoms with Crippen LogP contribution in [-0.2, 0) is 4.79 Å². The molecule has 2 rings (SSSR count). The monoisotopic (exact) mass is 243 g/mol. The Morgan fingerprint density at radius 3 is 2.33 bits per heavy atom. The summed E-state index contributed by atoms with van der Waals surface area (Å²) in [5, 5.41) is 12.4. The number of allylic oxidation sites excluding steroid dienone is 2. The highest BCUT2D eigenvalue weighted by molar-refractivity contribution is 5.75. The predicted molar refractivity (Wildman–Crippen MR) is 71.2 cm³/mol. The molecule has 0 amide bonds. The lowest BCUT2D eigenvalue weighted by atomic mass is 10.0. The fraction of sp³-hybridized carbons (Fsp3) is 0.267. The molecular formula is C15H17NO2. The highest BCUT2D eigenvalue weighted by Gasteiger charge is 2.21. The molecule has 2 N–H and O–H groups in total. The summed E-state index contributed by atoms with van der Waals surface area (Å²) < 4.78 is 0. The second-order valence-corrected chi connectivity index (χ2v) is 4.50. The first-order valence-electron chi connectivity index (χ1n) is 6.07. The van der Waals surface area contributed by atoms with Gasteiger partial charge in [-0.1, -0.05) is 61.6 Å². The predicted octanol–water partition coefficient (Wildman–Crippen LogP) is 2.53. The second kappa shape index (κ2) is 5.65. The van der Waals surface area contributed by atoms with Crippen LogP contribution in [0.4, 0.5) is 0 Å². The van der Waals surface area contributed by atoms with Gasteiger partial charge in [0.2, 0.25) is 0 Å². The molecule has 1 aromatic carbocycles. The Bertz CT molecular complexity index is 451. The van der Waals surface area contributed by atoms with Crippen LogP contribution >= 0.6 is 0 Å². The normalized spacial score (nSPS) is 23.8. The fourth-order valence-corrected chi connectivity index (χ4v) is 1.98. The molecule has 18 heavy (non-hydrogen) atoms.